The summed E-state index contributed by atoms with van der Waals surface area (Å²) in [5.41, 5.74) is 5.49. The number of carbonyl (C=O) groups is 1. The molecule has 15 heavy (non-hydrogen) atoms. The third kappa shape index (κ3) is 3.47. The van der Waals surface area contributed by atoms with Crippen LogP contribution in [-0.4, -0.2) is 43.2 Å². The summed E-state index contributed by atoms with van der Waals surface area (Å²) in [7, 11) is 0. The first kappa shape index (κ1) is 12.5. The van der Waals surface area contributed by atoms with Gasteiger partial charge in [-0.05, 0) is 19.8 Å². The van der Waals surface area contributed by atoms with Crippen LogP contribution in [-0.2, 0) is 9.53 Å². The lowest BCUT2D eigenvalue weighted by Gasteiger charge is -2.26. The number of amides is 1. The molecule has 2 atom stereocenters. The van der Waals surface area contributed by atoms with Crippen LogP contribution in [0.3, 0.4) is 0 Å². The fourth-order valence-electron chi connectivity index (χ4n) is 1.82. The molecule has 2 N–H and O–H groups in total. The maximum absolute atomic E-state index is 11.9. The van der Waals surface area contributed by atoms with Crippen molar-refractivity contribution in [3.63, 3.8) is 0 Å². The van der Waals surface area contributed by atoms with Gasteiger partial charge in [-0.3, -0.25) is 4.79 Å². The van der Waals surface area contributed by atoms with E-state index in [-0.39, 0.29) is 17.9 Å². The minimum absolute atomic E-state index is 0.0775. The lowest BCUT2D eigenvalue weighted by molar-refractivity contribution is -0.136. The van der Waals surface area contributed by atoms with Gasteiger partial charge in [0.05, 0.1) is 6.10 Å². The van der Waals surface area contributed by atoms with E-state index >= 15 is 0 Å². The van der Waals surface area contributed by atoms with Crippen LogP contribution in [0.2, 0.25) is 0 Å². The highest BCUT2D eigenvalue weighted by atomic mass is 16.5. The Bertz CT molecular complexity index is 203. The van der Waals surface area contributed by atoms with Gasteiger partial charge in [0.2, 0.25) is 5.91 Å². The molecule has 4 nitrogen and oxygen atoms in total. The number of hydrogen-bond donors (Lipinski definition) is 1. The Kier molecular flexibility index (Phi) is 5.05. The van der Waals surface area contributed by atoms with E-state index < -0.39 is 0 Å². The van der Waals surface area contributed by atoms with Crippen LogP contribution < -0.4 is 5.73 Å². The zero-order chi connectivity index (χ0) is 11.3. The largest absolute Gasteiger partial charge is 0.376 e. The highest BCUT2D eigenvalue weighted by molar-refractivity contribution is 5.78. The van der Waals surface area contributed by atoms with Gasteiger partial charge >= 0.3 is 0 Å². The maximum atomic E-state index is 11.9. The van der Waals surface area contributed by atoms with Gasteiger partial charge in [0.25, 0.3) is 0 Å². The summed E-state index contributed by atoms with van der Waals surface area (Å²) in [5, 5.41) is 0. The van der Waals surface area contributed by atoms with E-state index in [9.17, 15) is 4.79 Å². The van der Waals surface area contributed by atoms with E-state index in [1.807, 2.05) is 18.7 Å². The second-order valence-corrected chi connectivity index (χ2v) is 4.15. The summed E-state index contributed by atoms with van der Waals surface area (Å²) in [6, 6.07) is 0. The fraction of sp³-hybridized carbons (Fsp3) is 0.909. The molecule has 2 unspecified atom stereocenters. The number of likely N-dealkylation sites (N-methyl/N-ethyl adjacent to an activating group) is 1. The second kappa shape index (κ2) is 6.08. The van der Waals surface area contributed by atoms with Crippen molar-refractivity contribution in [3.8, 4) is 0 Å². The van der Waals surface area contributed by atoms with Gasteiger partial charge in [-0.1, -0.05) is 6.92 Å². The second-order valence-electron chi connectivity index (χ2n) is 4.15. The standard InChI is InChI=1S/C11H22N2O2/c1-3-13(11(14)9(2)7-12)8-10-5-4-6-15-10/h9-10H,3-8,12H2,1-2H3. The third-order valence-electron chi connectivity index (χ3n) is 2.92. The summed E-state index contributed by atoms with van der Waals surface area (Å²) < 4.78 is 5.52. The van der Waals surface area contributed by atoms with Crippen LogP contribution >= 0.6 is 0 Å². The van der Waals surface area contributed by atoms with Crippen LogP contribution in [0, 0.1) is 5.92 Å². The van der Waals surface area contributed by atoms with Crippen molar-refractivity contribution in [2.45, 2.75) is 32.8 Å². The van der Waals surface area contributed by atoms with Crippen molar-refractivity contribution in [3.05, 3.63) is 0 Å². The number of nitrogens with zero attached hydrogens (tertiary/aromatic N) is 1. The molecule has 0 aliphatic carbocycles. The molecule has 0 spiro atoms. The molecule has 1 amide bonds. The van der Waals surface area contributed by atoms with Crippen molar-refractivity contribution in [2.24, 2.45) is 11.7 Å². The lowest BCUT2D eigenvalue weighted by Crippen LogP contribution is -2.41. The lowest BCUT2D eigenvalue weighted by atomic mass is 10.1. The molecule has 1 aliphatic heterocycles. The normalized spacial score (nSPS) is 22.7. The summed E-state index contributed by atoms with van der Waals surface area (Å²) >= 11 is 0. The molecule has 4 heteroatoms. The van der Waals surface area contributed by atoms with Crippen LogP contribution in [0.5, 0.6) is 0 Å². The number of carbonyl (C=O) groups excluding carboxylic acids is 1. The Hall–Kier alpha value is -0.610. The first-order valence-corrected chi connectivity index (χ1v) is 5.79. The summed E-state index contributed by atoms with van der Waals surface area (Å²) in [5.74, 6) is 0.0712. The highest BCUT2D eigenvalue weighted by Gasteiger charge is 2.23. The predicted octanol–water partition coefficient (Wildman–Crippen LogP) is 0.609. The first-order chi connectivity index (χ1) is 7.19. The van der Waals surface area contributed by atoms with Gasteiger partial charge in [0.15, 0.2) is 0 Å². The predicted molar refractivity (Wildman–Crippen MR) is 59.4 cm³/mol. The Labute approximate surface area is 91.8 Å². The molecule has 1 fully saturated rings. The zero-order valence-electron chi connectivity index (χ0n) is 9.74. The summed E-state index contributed by atoms with van der Waals surface area (Å²) in [6.07, 6.45) is 2.42. The molecule has 0 aromatic rings. The van der Waals surface area contributed by atoms with Crippen molar-refractivity contribution < 1.29 is 9.53 Å². The molecule has 0 aromatic carbocycles. The molecule has 0 aromatic heterocycles. The van der Waals surface area contributed by atoms with Gasteiger partial charge in [0.1, 0.15) is 0 Å². The minimum atomic E-state index is -0.0775. The van der Waals surface area contributed by atoms with Gasteiger partial charge in [-0.25, -0.2) is 0 Å². The Morgan fingerprint density at radius 3 is 2.87 bits per heavy atom. The molecule has 1 heterocycles. The third-order valence-corrected chi connectivity index (χ3v) is 2.92. The van der Waals surface area contributed by atoms with E-state index in [2.05, 4.69) is 0 Å². The molecule has 88 valence electrons. The molecule has 0 saturated carbocycles. The van der Waals surface area contributed by atoms with E-state index in [1.165, 1.54) is 0 Å². The van der Waals surface area contributed by atoms with E-state index in [1.54, 1.807) is 0 Å². The Morgan fingerprint density at radius 1 is 1.67 bits per heavy atom. The minimum Gasteiger partial charge on any atom is -0.376 e. The molecule has 1 rings (SSSR count). The Balaban J connectivity index is 2.43. The van der Waals surface area contributed by atoms with Gasteiger partial charge in [0, 0.05) is 32.2 Å². The number of nitrogens with two attached hydrogens (primary N) is 1. The quantitative estimate of drug-likeness (QED) is 0.729. The van der Waals surface area contributed by atoms with Crippen molar-refractivity contribution in [1.82, 2.24) is 4.90 Å². The zero-order valence-corrected chi connectivity index (χ0v) is 9.74. The average Bonchev–Trinajstić information content (AvgIpc) is 2.76. The summed E-state index contributed by atoms with van der Waals surface area (Å²) in [6.45, 7) is 6.59. The molecule has 0 radical (unpaired) electrons. The van der Waals surface area contributed by atoms with Crippen molar-refractivity contribution in [2.75, 3.05) is 26.2 Å². The molecular weight excluding hydrogens is 192 g/mol. The summed E-state index contributed by atoms with van der Waals surface area (Å²) in [4.78, 5) is 13.7. The van der Waals surface area contributed by atoms with E-state index in [0.717, 1.165) is 32.5 Å². The molecule has 0 bridgehead atoms. The van der Waals surface area contributed by atoms with Gasteiger partial charge in [-0.15, -0.1) is 0 Å². The van der Waals surface area contributed by atoms with Crippen molar-refractivity contribution in [1.29, 1.82) is 0 Å². The number of hydrogen-bond acceptors (Lipinski definition) is 3. The van der Waals surface area contributed by atoms with Crippen LogP contribution in [0.25, 0.3) is 0 Å². The molecule has 1 saturated heterocycles. The fourth-order valence-corrected chi connectivity index (χ4v) is 1.82. The van der Waals surface area contributed by atoms with E-state index in [0.29, 0.717) is 6.54 Å². The van der Waals surface area contributed by atoms with Gasteiger partial charge in [-0.2, -0.15) is 0 Å². The van der Waals surface area contributed by atoms with Crippen LogP contribution in [0.1, 0.15) is 26.7 Å². The Morgan fingerprint density at radius 2 is 2.40 bits per heavy atom. The maximum Gasteiger partial charge on any atom is 0.226 e. The number of rotatable bonds is 5. The van der Waals surface area contributed by atoms with E-state index in [4.69, 9.17) is 10.5 Å². The van der Waals surface area contributed by atoms with Gasteiger partial charge < -0.3 is 15.4 Å². The highest BCUT2D eigenvalue weighted by Crippen LogP contribution is 2.14. The topological polar surface area (TPSA) is 55.6 Å². The monoisotopic (exact) mass is 214 g/mol. The van der Waals surface area contributed by atoms with Crippen LogP contribution in [0.4, 0.5) is 0 Å². The van der Waals surface area contributed by atoms with Crippen molar-refractivity contribution >= 4 is 5.91 Å². The smallest absolute Gasteiger partial charge is 0.226 e. The molecular formula is C11H22N2O2. The van der Waals surface area contributed by atoms with Crippen LogP contribution in [0.15, 0.2) is 0 Å². The molecule has 1 aliphatic rings. The SMILES string of the molecule is CCN(CC1CCCO1)C(=O)C(C)CN. The first-order valence-electron chi connectivity index (χ1n) is 5.79. The average molecular weight is 214 g/mol. The number of ether oxygens (including phenoxy) is 1.